The van der Waals surface area contributed by atoms with Gasteiger partial charge in [-0.15, -0.1) is 0 Å². The molecule has 0 saturated heterocycles. The van der Waals surface area contributed by atoms with Crippen LogP contribution in [0.25, 0.3) is 0 Å². The summed E-state index contributed by atoms with van der Waals surface area (Å²) < 4.78 is 0. The molecular weight excluding hydrogens is 248 g/mol. The van der Waals surface area contributed by atoms with Crippen LogP contribution in [0.15, 0.2) is 36.4 Å². The maximum Gasteiger partial charge on any atom is 0.129 e. The molecule has 1 atom stereocenters. The fraction of sp³-hybridized carbons (Fsp3) is 0.214. The van der Waals surface area contributed by atoms with Crippen LogP contribution < -0.4 is 5.32 Å². The first-order chi connectivity index (χ1) is 8.58. The van der Waals surface area contributed by atoms with Crippen LogP contribution in [0.5, 0.6) is 5.75 Å². The van der Waals surface area contributed by atoms with Crippen molar-refractivity contribution in [2.45, 2.75) is 19.9 Å². The topological polar surface area (TPSA) is 45.2 Å². The zero-order valence-corrected chi connectivity index (χ0v) is 11.1. The van der Waals surface area contributed by atoms with E-state index in [2.05, 4.69) is 10.3 Å². The van der Waals surface area contributed by atoms with E-state index in [0.717, 1.165) is 16.9 Å². The SMILES string of the molecule is Cc1nc(Cl)ccc1NC(C)c1ccccc1O. The maximum atomic E-state index is 9.80. The Hall–Kier alpha value is -1.74. The van der Waals surface area contributed by atoms with Crippen LogP contribution in [0.2, 0.25) is 5.15 Å². The van der Waals surface area contributed by atoms with Gasteiger partial charge in [0.1, 0.15) is 10.9 Å². The van der Waals surface area contributed by atoms with Crippen molar-refractivity contribution in [3.8, 4) is 5.75 Å². The third-order valence-corrected chi connectivity index (χ3v) is 3.04. The number of hydrogen-bond donors (Lipinski definition) is 2. The van der Waals surface area contributed by atoms with E-state index in [1.807, 2.05) is 32.0 Å². The minimum absolute atomic E-state index is 0.00660. The Morgan fingerprint density at radius 3 is 2.61 bits per heavy atom. The maximum absolute atomic E-state index is 9.80. The minimum Gasteiger partial charge on any atom is -0.508 e. The lowest BCUT2D eigenvalue weighted by Gasteiger charge is -2.18. The van der Waals surface area contributed by atoms with Gasteiger partial charge in [0, 0.05) is 5.56 Å². The molecule has 0 aliphatic rings. The third kappa shape index (κ3) is 2.74. The van der Waals surface area contributed by atoms with Gasteiger partial charge in [-0.25, -0.2) is 4.98 Å². The number of anilines is 1. The summed E-state index contributed by atoms with van der Waals surface area (Å²) in [7, 11) is 0. The summed E-state index contributed by atoms with van der Waals surface area (Å²) in [5.74, 6) is 0.289. The lowest BCUT2D eigenvalue weighted by molar-refractivity contribution is 0.465. The predicted octanol–water partition coefficient (Wildman–Crippen LogP) is 3.92. The first kappa shape index (κ1) is 12.7. The van der Waals surface area contributed by atoms with E-state index < -0.39 is 0 Å². The summed E-state index contributed by atoms with van der Waals surface area (Å²) in [4.78, 5) is 4.18. The number of nitrogens with zero attached hydrogens (tertiary/aromatic N) is 1. The summed E-state index contributed by atoms with van der Waals surface area (Å²) in [5, 5.41) is 13.6. The highest BCUT2D eigenvalue weighted by atomic mass is 35.5. The van der Waals surface area contributed by atoms with Gasteiger partial charge in [0.15, 0.2) is 0 Å². The Labute approximate surface area is 111 Å². The van der Waals surface area contributed by atoms with Gasteiger partial charge in [0.05, 0.1) is 17.4 Å². The molecule has 1 aromatic carbocycles. The summed E-state index contributed by atoms with van der Waals surface area (Å²) in [6.07, 6.45) is 0. The number of phenolic OH excluding ortho intramolecular Hbond substituents is 1. The van der Waals surface area contributed by atoms with Gasteiger partial charge in [-0.2, -0.15) is 0 Å². The van der Waals surface area contributed by atoms with Gasteiger partial charge in [0.25, 0.3) is 0 Å². The van der Waals surface area contributed by atoms with Crippen LogP contribution in [0.3, 0.4) is 0 Å². The van der Waals surface area contributed by atoms with Crippen molar-refractivity contribution in [1.29, 1.82) is 0 Å². The zero-order chi connectivity index (χ0) is 13.1. The Bertz CT molecular complexity index is 557. The Kier molecular flexibility index (Phi) is 3.72. The van der Waals surface area contributed by atoms with E-state index >= 15 is 0 Å². The molecule has 1 aromatic heterocycles. The molecule has 1 unspecified atom stereocenters. The summed E-state index contributed by atoms with van der Waals surface area (Å²) in [6, 6.07) is 10.9. The van der Waals surface area contributed by atoms with Crippen LogP contribution in [0.1, 0.15) is 24.2 Å². The second-order valence-electron chi connectivity index (χ2n) is 4.19. The molecule has 0 fully saturated rings. The smallest absolute Gasteiger partial charge is 0.129 e. The van der Waals surface area contributed by atoms with Crippen molar-refractivity contribution in [2.24, 2.45) is 0 Å². The number of halogens is 1. The zero-order valence-electron chi connectivity index (χ0n) is 10.3. The van der Waals surface area contributed by atoms with E-state index in [0.29, 0.717) is 5.15 Å². The number of rotatable bonds is 3. The summed E-state index contributed by atoms with van der Waals surface area (Å²) >= 11 is 5.82. The number of aryl methyl sites for hydroxylation is 1. The van der Waals surface area contributed by atoms with E-state index in [1.165, 1.54) is 0 Å². The third-order valence-electron chi connectivity index (χ3n) is 2.83. The fourth-order valence-electron chi connectivity index (χ4n) is 1.85. The molecular formula is C14H15ClN2O. The molecule has 3 nitrogen and oxygen atoms in total. The molecule has 94 valence electrons. The number of hydrogen-bond acceptors (Lipinski definition) is 3. The number of aromatic hydroxyl groups is 1. The molecule has 0 bridgehead atoms. The van der Waals surface area contributed by atoms with Crippen molar-refractivity contribution in [2.75, 3.05) is 5.32 Å². The van der Waals surface area contributed by atoms with E-state index in [-0.39, 0.29) is 11.8 Å². The molecule has 4 heteroatoms. The molecule has 18 heavy (non-hydrogen) atoms. The molecule has 2 rings (SSSR count). The highest BCUT2D eigenvalue weighted by Crippen LogP contribution is 2.27. The van der Waals surface area contributed by atoms with Gasteiger partial charge in [-0.1, -0.05) is 29.8 Å². The van der Waals surface area contributed by atoms with Crippen molar-refractivity contribution >= 4 is 17.3 Å². The van der Waals surface area contributed by atoms with E-state index in [9.17, 15) is 5.11 Å². The lowest BCUT2D eigenvalue weighted by atomic mass is 10.1. The van der Waals surface area contributed by atoms with E-state index in [4.69, 9.17) is 11.6 Å². The van der Waals surface area contributed by atoms with Gasteiger partial charge in [0.2, 0.25) is 0 Å². The number of benzene rings is 1. The fourth-order valence-corrected chi connectivity index (χ4v) is 2.04. The lowest BCUT2D eigenvalue weighted by Crippen LogP contribution is -2.08. The van der Waals surface area contributed by atoms with Crippen LogP contribution in [0, 0.1) is 6.92 Å². The summed E-state index contributed by atoms with van der Waals surface area (Å²) in [6.45, 7) is 3.88. The number of aromatic nitrogens is 1. The van der Waals surface area contributed by atoms with Crippen LogP contribution >= 0.6 is 11.6 Å². The first-order valence-corrected chi connectivity index (χ1v) is 6.13. The van der Waals surface area contributed by atoms with Crippen LogP contribution in [-0.4, -0.2) is 10.1 Å². The Morgan fingerprint density at radius 2 is 1.94 bits per heavy atom. The molecule has 2 N–H and O–H groups in total. The van der Waals surface area contributed by atoms with Crippen molar-refractivity contribution in [3.63, 3.8) is 0 Å². The Morgan fingerprint density at radius 1 is 1.22 bits per heavy atom. The standard InChI is InChI=1S/C14H15ClN2O/c1-9(11-5-3-4-6-13(11)18)16-12-7-8-14(15)17-10(12)2/h3-9,16,18H,1-2H3. The number of nitrogens with one attached hydrogen (secondary N) is 1. The average Bonchev–Trinajstić information content (AvgIpc) is 2.33. The largest absolute Gasteiger partial charge is 0.508 e. The second kappa shape index (κ2) is 5.27. The van der Waals surface area contributed by atoms with Crippen LogP contribution in [0.4, 0.5) is 5.69 Å². The second-order valence-corrected chi connectivity index (χ2v) is 4.58. The van der Waals surface area contributed by atoms with Crippen LogP contribution in [-0.2, 0) is 0 Å². The van der Waals surface area contributed by atoms with Crippen molar-refractivity contribution in [3.05, 3.63) is 52.8 Å². The quantitative estimate of drug-likeness (QED) is 0.824. The molecule has 0 amide bonds. The Balaban J connectivity index is 2.21. The number of pyridine rings is 1. The van der Waals surface area contributed by atoms with Gasteiger partial charge in [-0.05, 0) is 32.0 Å². The molecule has 1 heterocycles. The molecule has 2 aromatic rings. The molecule has 0 radical (unpaired) electrons. The molecule has 0 aliphatic heterocycles. The van der Waals surface area contributed by atoms with Crippen molar-refractivity contribution < 1.29 is 5.11 Å². The summed E-state index contributed by atoms with van der Waals surface area (Å²) in [5.41, 5.74) is 2.60. The average molecular weight is 263 g/mol. The predicted molar refractivity (Wildman–Crippen MR) is 74.1 cm³/mol. The van der Waals surface area contributed by atoms with Gasteiger partial charge >= 0.3 is 0 Å². The van der Waals surface area contributed by atoms with Crippen molar-refractivity contribution in [1.82, 2.24) is 4.98 Å². The molecule has 0 spiro atoms. The monoisotopic (exact) mass is 262 g/mol. The molecule has 0 aliphatic carbocycles. The van der Waals surface area contributed by atoms with Gasteiger partial charge in [-0.3, -0.25) is 0 Å². The highest BCUT2D eigenvalue weighted by Gasteiger charge is 2.11. The molecule has 0 saturated carbocycles. The first-order valence-electron chi connectivity index (χ1n) is 5.75. The minimum atomic E-state index is -0.00660. The normalized spacial score (nSPS) is 12.2. The number of para-hydroxylation sites is 1. The van der Waals surface area contributed by atoms with Gasteiger partial charge < -0.3 is 10.4 Å². The number of phenols is 1. The highest BCUT2D eigenvalue weighted by molar-refractivity contribution is 6.29. The van der Waals surface area contributed by atoms with E-state index in [1.54, 1.807) is 18.2 Å².